The number of fused-ring (bicyclic) bond motifs is 1. The average Bonchev–Trinajstić information content (AvgIpc) is 2.71. The molecular weight excluding hydrogens is 254 g/mol. The summed E-state index contributed by atoms with van der Waals surface area (Å²) in [5.74, 6) is 0.217. The van der Waals surface area contributed by atoms with E-state index in [1.807, 2.05) is 32.0 Å². The number of aromatic nitrogens is 3. The van der Waals surface area contributed by atoms with Crippen LogP contribution in [0.3, 0.4) is 0 Å². The van der Waals surface area contributed by atoms with E-state index in [4.69, 9.17) is 5.73 Å². The summed E-state index contributed by atoms with van der Waals surface area (Å²) in [6.07, 6.45) is 1.78. The standard InChI is InChI=1S/C11H15N5O.ClH/c1-7(2)9(12)10(17)13-11-15-14-8-5-3-4-6-16(8)11;/h3-7,9H,12H2,1-2H3,(H,13,15,17);1H/t9-;/m0./s1. The minimum atomic E-state index is -0.550. The minimum Gasteiger partial charge on any atom is -0.320 e. The van der Waals surface area contributed by atoms with Gasteiger partial charge in [-0.15, -0.1) is 22.6 Å². The predicted molar refractivity (Wildman–Crippen MR) is 71.7 cm³/mol. The molecule has 0 saturated carbocycles. The van der Waals surface area contributed by atoms with Gasteiger partial charge in [-0.25, -0.2) is 0 Å². The number of carbonyl (C=O) groups excluding carboxylic acids is 1. The van der Waals surface area contributed by atoms with E-state index >= 15 is 0 Å². The molecule has 0 aliphatic rings. The van der Waals surface area contributed by atoms with Crippen LogP contribution in [-0.2, 0) is 4.79 Å². The number of carbonyl (C=O) groups is 1. The van der Waals surface area contributed by atoms with Gasteiger partial charge in [0.2, 0.25) is 11.9 Å². The fraction of sp³-hybridized carbons (Fsp3) is 0.364. The highest BCUT2D eigenvalue weighted by molar-refractivity contribution is 5.93. The summed E-state index contributed by atoms with van der Waals surface area (Å²) in [6.45, 7) is 3.79. The number of hydrogen-bond donors (Lipinski definition) is 2. The number of amides is 1. The van der Waals surface area contributed by atoms with Crippen molar-refractivity contribution in [1.29, 1.82) is 0 Å². The van der Waals surface area contributed by atoms with E-state index in [0.29, 0.717) is 11.6 Å². The number of pyridine rings is 1. The van der Waals surface area contributed by atoms with Crippen molar-refractivity contribution < 1.29 is 4.79 Å². The van der Waals surface area contributed by atoms with Crippen molar-refractivity contribution in [3.05, 3.63) is 24.4 Å². The van der Waals surface area contributed by atoms with E-state index in [2.05, 4.69) is 15.5 Å². The van der Waals surface area contributed by atoms with Crippen molar-refractivity contribution >= 4 is 29.9 Å². The topological polar surface area (TPSA) is 85.3 Å². The van der Waals surface area contributed by atoms with Gasteiger partial charge < -0.3 is 5.73 Å². The Balaban J connectivity index is 0.00000162. The number of halogens is 1. The first-order valence-electron chi connectivity index (χ1n) is 5.46. The van der Waals surface area contributed by atoms with Crippen molar-refractivity contribution in [3.8, 4) is 0 Å². The van der Waals surface area contributed by atoms with Crippen LogP contribution < -0.4 is 11.1 Å². The number of rotatable bonds is 3. The van der Waals surface area contributed by atoms with Gasteiger partial charge in [0.25, 0.3) is 0 Å². The van der Waals surface area contributed by atoms with Gasteiger partial charge in [-0.1, -0.05) is 19.9 Å². The smallest absolute Gasteiger partial charge is 0.243 e. The van der Waals surface area contributed by atoms with Crippen molar-refractivity contribution in [1.82, 2.24) is 14.6 Å². The lowest BCUT2D eigenvalue weighted by Crippen LogP contribution is -2.40. The van der Waals surface area contributed by atoms with Crippen LogP contribution in [0.25, 0.3) is 5.65 Å². The first kappa shape index (κ1) is 14.4. The van der Waals surface area contributed by atoms with Gasteiger partial charge in [-0.3, -0.25) is 14.5 Å². The summed E-state index contributed by atoms with van der Waals surface area (Å²) < 4.78 is 1.70. The van der Waals surface area contributed by atoms with Crippen LogP contribution in [0.4, 0.5) is 5.95 Å². The van der Waals surface area contributed by atoms with Gasteiger partial charge >= 0.3 is 0 Å². The Labute approximate surface area is 111 Å². The Morgan fingerprint density at radius 3 is 2.78 bits per heavy atom. The summed E-state index contributed by atoms with van der Waals surface area (Å²) in [7, 11) is 0. The maximum Gasteiger partial charge on any atom is 0.243 e. The van der Waals surface area contributed by atoms with Crippen LogP contribution in [0.15, 0.2) is 24.4 Å². The maximum absolute atomic E-state index is 11.8. The van der Waals surface area contributed by atoms with E-state index in [-0.39, 0.29) is 24.2 Å². The van der Waals surface area contributed by atoms with E-state index in [1.54, 1.807) is 10.6 Å². The Hall–Kier alpha value is -1.66. The molecule has 0 bridgehead atoms. The predicted octanol–water partition coefficient (Wildman–Crippen LogP) is 1.07. The Kier molecular flexibility index (Phi) is 4.63. The molecule has 0 aliphatic carbocycles. The van der Waals surface area contributed by atoms with E-state index < -0.39 is 6.04 Å². The molecule has 18 heavy (non-hydrogen) atoms. The van der Waals surface area contributed by atoms with Crippen LogP contribution in [0.5, 0.6) is 0 Å². The average molecular weight is 270 g/mol. The Morgan fingerprint density at radius 1 is 1.39 bits per heavy atom. The van der Waals surface area contributed by atoms with E-state index in [1.165, 1.54) is 0 Å². The van der Waals surface area contributed by atoms with Crippen molar-refractivity contribution in [3.63, 3.8) is 0 Å². The molecule has 0 unspecified atom stereocenters. The molecule has 0 aliphatic heterocycles. The zero-order valence-electron chi connectivity index (χ0n) is 10.2. The van der Waals surface area contributed by atoms with E-state index in [0.717, 1.165) is 0 Å². The molecule has 0 spiro atoms. The highest BCUT2D eigenvalue weighted by atomic mass is 35.5. The molecule has 2 aromatic rings. The van der Waals surface area contributed by atoms with E-state index in [9.17, 15) is 4.79 Å². The fourth-order valence-electron chi connectivity index (χ4n) is 1.42. The highest BCUT2D eigenvalue weighted by Crippen LogP contribution is 2.08. The van der Waals surface area contributed by atoms with Crippen molar-refractivity contribution in [2.45, 2.75) is 19.9 Å². The summed E-state index contributed by atoms with van der Waals surface area (Å²) in [5.41, 5.74) is 6.43. The second kappa shape index (κ2) is 5.79. The maximum atomic E-state index is 11.8. The Morgan fingerprint density at radius 2 is 2.11 bits per heavy atom. The lowest BCUT2D eigenvalue weighted by Gasteiger charge is -2.14. The minimum absolute atomic E-state index is 0. The summed E-state index contributed by atoms with van der Waals surface area (Å²) in [5, 5.41) is 10.5. The molecule has 98 valence electrons. The van der Waals surface area contributed by atoms with Gasteiger partial charge in [0, 0.05) is 6.20 Å². The lowest BCUT2D eigenvalue weighted by atomic mass is 10.1. The molecule has 2 rings (SSSR count). The Bertz CT molecular complexity index is 539. The van der Waals surface area contributed by atoms with Crippen LogP contribution >= 0.6 is 12.4 Å². The molecule has 6 nitrogen and oxygen atoms in total. The molecule has 0 fully saturated rings. The number of nitrogens with two attached hydrogens (primary N) is 1. The van der Waals surface area contributed by atoms with Gasteiger partial charge in [0.15, 0.2) is 5.65 Å². The summed E-state index contributed by atoms with van der Waals surface area (Å²) in [6, 6.07) is 4.96. The molecule has 0 saturated heterocycles. The van der Waals surface area contributed by atoms with Crippen LogP contribution in [0.2, 0.25) is 0 Å². The number of nitrogens with zero attached hydrogens (tertiary/aromatic N) is 3. The zero-order valence-corrected chi connectivity index (χ0v) is 11.0. The van der Waals surface area contributed by atoms with Crippen LogP contribution in [0, 0.1) is 5.92 Å². The van der Waals surface area contributed by atoms with Crippen molar-refractivity contribution in [2.75, 3.05) is 5.32 Å². The van der Waals surface area contributed by atoms with Gasteiger partial charge in [-0.05, 0) is 18.1 Å². The van der Waals surface area contributed by atoms with Gasteiger partial charge in [-0.2, -0.15) is 0 Å². The number of hydrogen-bond acceptors (Lipinski definition) is 4. The molecule has 3 N–H and O–H groups in total. The molecule has 0 radical (unpaired) electrons. The fourth-order valence-corrected chi connectivity index (χ4v) is 1.42. The highest BCUT2D eigenvalue weighted by Gasteiger charge is 2.19. The second-order valence-corrected chi connectivity index (χ2v) is 4.21. The molecule has 2 heterocycles. The van der Waals surface area contributed by atoms with Gasteiger partial charge in [0.1, 0.15) is 0 Å². The SMILES string of the molecule is CC(C)[C@H](N)C(=O)Nc1nnc2ccccn12.Cl. The molecule has 1 atom stereocenters. The van der Waals surface area contributed by atoms with Crippen LogP contribution in [-0.4, -0.2) is 26.5 Å². The second-order valence-electron chi connectivity index (χ2n) is 4.21. The third kappa shape index (κ3) is 2.77. The third-order valence-electron chi connectivity index (χ3n) is 2.57. The lowest BCUT2D eigenvalue weighted by molar-refractivity contribution is -0.118. The largest absolute Gasteiger partial charge is 0.320 e. The quantitative estimate of drug-likeness (QED) is 0.873. The number of nitrogens with one attached hydrogen (secondary N) is 1. The van der Waals surface area contributed by atoms with Gasteiger partial charge in [0.05, 0.1) is 6.04 Å². The molecular formula is C11H16ClN5O. The summed E-state index contributed by atoms with van der Waals surface area (Å²) in [4.78, 5) is 11.8. The summed E-state index contributed by atoms with van der Waals surface area (Å²) >= 11 is 0. The molecule has 1 amide bonds. The first-order chi connectivity index (χ1) is 8.09. The monoisotopic (exact) mass is 269 g/mol. The normalized spacial score (nSPS) is 12.2. The third-order valence-corrected chi connectivity index (χ3v) is 2.57. The molecule has 0 aromatic carbocycles. The zero-order chi connectivity index (χ0) is 12.4. The molecule has 7 heteroatoms. The molecule has 2 aromatic heterocycles. The number of anilines is 1. The first-order valence-corrected chi connectivity index (χ1v) is 5.46. The van der Waals surface area contributed by atoms with Crippen molar-refractivity contribution in [2.24, 2.45) is 11.7 Å². The van der Waals surface area contributed by atoms with Crippen LogP contribution in [0.1, 0.15) is 13.8 Å².